The summed E-state index contributed by atoms with van der Waals surface area (Å²) in [5, 5.41) is 28.3. The number of nitro groups is 1. The molecule has 0 fully saturated rings. The number of nitro benzene ring substituents is 1. The van der Waals surface area contributed by atoms with Gasteiger partial charge in [0.15, 0.2) is 0 Å². The van der Waals surface area contributed by atoms with E-state index in [1.807, 2.05) is 0 Å². The quantitative estimate of drug-likeness (QED) is 0.599. The Balaban J connectivity index is 3.13. The molecule has 0 saturated heterocycles. The van der Waals surface area contributed by atoms with Gasteiger partial charge in [-0.1, -0.05) is 19.1 Å². The van der Waals surface area contributed by atoms with Crippen LogP contribution in [0.15, 0.2) is 24.3 Å². The minimum absolute atomic E-state index is 0.128. The molecule has 0 aliphatic carbocycles. The van der Waals surface area contributed by atoms with E-state index in [0.29, 0.717) is 5.56 Å². The second-order valence-corrected chi connectivity index (χ2v) is 4.51. The maximum atomic E-state index is 10.8. The van der Waals surface area contributed by atoms with E-state index in [1.54, 1.807) is 0 Å². The molecule has 0 aliphatic heterocycles. The van der Waals surface area contributed by atoms with Gasteiger partial charge >= 0.3 is 11.9 Å². The third-order valence-corrected chi connectivity index (χ3v) is 2.86. The second-order valence-electron chi connectivity index (χ2n) is 4.51. The van der Waals surface area contributed by atoms with Crippen LogP contribution >= 0.6 is 0 Å². The Morgan fingerprint density at radius 3 is 1.89 bits per heavy atom. The number of nitrogens with zero attached hydrogens (tertiary/aromatic N) is 1. The van der Waals surface area contributed by atoms with E-state index < -0.39 is 22.3 Å². The van der Waals surface area contributed by atoms with Gasteiger partial charge < -0.3 is 10.2 Å². The van der Waals surface area contributed by atoms with Crippen LogP contribution in [0.3, 0.4) is 0 Å². The van der Waals surface area contributed by atoms with Crippen LogP contribution < -0.4 is 0 Å². The Bertz CT molecular complexity index is 491. The molecule has 0 saturated carbocycles. The minimum atomic E-state index is -1.12. The van der Waals surface area contributed by atoms with Crippen LogP contribution in [-0.4, -0.2) is 27.1 Å². The number of benzene rings is 1. The zero-order valence-corrected chi connectivity index (χ0v) is 10.2. The van der Waals surface area contributed by atoms with Gasteiger partial charge in [0.1, 0.15) is 0 Å². The highest BCUT2D eigenvalue weighted by Crippen LogP contribution is 2.32. The number of carboxylic acids is 2. The molecule has 0 heterocycles. The molecule has 1 rings (SSSR count). The average molecular weight is 267 g/mol. The lowest BCUT2D eigenvalue weighted by Crippen LogP contribution is -2.28. The minimum Gasteiger partial charge on any atom is -0.481 e. The third-order valence-electron chi connectivity index (χ3n) is 2.86. The molecule has 0 atom stereocenters. The number of carboxylic acid groups (broad SMARTS) is 2. The van der Waals surface area contributed by atoms with Crippen LogP contribution in [0.4, 0.5) is 5.69 Å². The molecule has 0 aromatic heterocycles. The summed E-state index contributed by atoms with van der Waals surface area (Å²) < 4.78 is 0. The summed E-state index contributed by atoms with van der Waals surface area (Å²) in [4.78, 5) is 31.6. The largest absolute Gasteiger partial charge is 0.481 e. The number of carbonyl (C=O) groups is 2. The molecule has 1 aromatic rings. The molecule has 1 aromatic carbocycles. The lowest BCUT2D eigenvalue weighted by Gasteiger charge is -2.26. The normalized spacial score (nSPS) is 11.0. The maximum absolute atomic E-state index is 10.8. The molecule has 0 amide bonds. The number of aliphatic carboxylic acids is 2. The van der Waals surface area contributed by atoms with E-state index in [9.17, 15) is 19.7 Å². The van der Waals surface area contributed by atoms with Crippen molar-refractivity contribution in [2.24, 2.45) is 0 Å². The van der Waals surface area contributed by atoms with Crippen LogP contribution in [0.25, 0.3) is 0 Å². The van der Waals surface area contributed by atoms with Gasteiger partial charge in [-0.2, -0.15) is 0 Å². The van der Waals surface area contributed by atoms with Gasteiger partial charge in [0.2, 0.25) is 0 Å². The number of rotatable bonds is 6. The highest BCUT2D eigenvalue weighted by molar-refractivity contribution is 5.74. The number of hydrogen-bond acceptors (Lipinski definition) is 4. The average Bonchev–Trinajstić information content (AvgIpc) is 2.26. The van der Waals surface area contributed by atoms with Crippen molar-refractivity contribution < 1.29 is 24.7 Å². The molecule has 19 heavy (non-hydrogen) atoms. The number of hydrogen-bond donors (Lipinski definition) is 2. The van der Waals surface area contributed by atoms with E-state index in [2.05, 4.69) is 0 Å². The van der Waals surface area contributed by atoms with Gasteiger partial charge in [-0.05, 0) is 5.56 Å². The molecule has 0 radical (unpaired) electrons. The fraction of sp³-hybridized carbons (Fsp3) is 0.333. The maximum Gasteiger partial charge on any atom is 0.304 e. The van der Waals surface area contributed by atoms with Crippen molar-refractivity contribution in [2.45, 2.75) is 25.2 Å². The summed E-state index contributed by atoms with van der Waals surface area (Å²) in [7, 11) is 0. The first-order valence-electron chi connectivity index (χ1n) is 5.43. The Labute approximate surface area is 108 Å². The van der Waals surface area contributed by atoms with Crippen molar-refractivity contribution in [2.75, 3.05) is 0 Å². The molecule has 102 valence electrons. The molecule has 2 N–H and O–H groups in total. The first kappa shape index (κ1) is 14.6. The Morgan fingerprint density at radius 2 is 1.58 bits per heavy atom. The highest BCUT2D eigenvalue weighted by atomic mass is 16.6. The molecule has 0 unspecified atom stereocenters. The molecular formula is C12H13NO6. The Morgan fingerprint density at radius 1 is 1.16 bits per heavy atom. The summed E-state index contributed by atoms with van der Waals surface area (Å²) >= 11 is 0. The lowest BCUT2D eigenvalue weighted by molar-refractivity contribution is -0.384. The second kappa shape index (κ2) is 5.47. The van der Waals surface area contributed by atoms with Gasteiger partial charge in [0.25, 0.3) is 5.69 Å². The SMILES string of the molecule is CC(CC(=O)O)(CC(=O)O)c1ccc([N+](=O)[O-])cc1. The van der Waals surface area contributed by atoms with E-state index in [1.165, 1.54) is 31.2 Å². The predicted molar refractivity (Wildman–Crippen MR) is 65.0 cm³/mol. The van der Waals surface area contributed by atoms with Gasteiger partial charge in [-0.3, -0.25) is 19.7 Å². The molecule has 0 bridgehead atoms. The molecule has 7 heteroatoms. The van der Waals surface area contributed by atoms with Crippen LogP contribution in [0.5, 0.6) is 0 Å². The van der Waals surface area contributed by atoms with E-state index in [4.69, 9.17) is 10.2 Å². The number of non-ortho nitro benzene ring substituents is 1. The fourth-order valence-corrected chi connectivity index (χ4v) is 1.92. The summed E-state index contributed by atoms with van der Waals surface area (Å²) in [6.07, 6.45) is -0.728. The van der Waals surface area contributed by atoms with Gasteiger partial charge in [0.05, 0.1) is 17.8 Å². The molecule has 0 spiro atoms. The smallest absolute Gasteiger partial charge is 0.304 e. The van der Waals surface area contributed by atoms with Crippen LogP contribution in [0.2, 0.25) is 0 Å². The monoisotopic (exact) mass is 267 g/mol. The lowest BCUT2D eigenvalue weighted by atomic mass is 9.76. The van der Waals surface area contributed by atoms with Gasteiger partial charge in [0, 0.05) is 17.5 Å². The van der Waals surface area contributed by atoms with Crippen molar-refractivity contribution in [3.63, 3.8) is 0 Å². The third kappa shape index (κ3) is 3.77. The highest BCUT2D eigenvalue weighted by Gasteiger charge is 2.32. The van der Waals surface area contributed by atoms with Crippen molar-refractivity contribution in [3.05, 3.63) is 39.9 Å². The van der Waals surface area contributed by atoms with E-state index in [0.717, 1.165) is 0 Å². The van der Waals surface area contributed by atoms with E-state index in [-0.39, 0.29) is 18.5 Å². The van der Waals surface area contributed by atoms with Crippen LogP contribution in [-0.2, 0) is 15.0 Å². The summed E-state index contributed by atoms with van der Waals surface area (Å²) in [6.45, 7) is 1.51. The van der Waals surface area contributed by atoms with Crippen LogP contribution in [0, 0.1) is 10.1 Å². The molecule has 7 nitrogen and oxygen atoms in total. The summed E-state index contributed by atoms with van der Waals surface area (Å²) in [6, 6.07) is 5.25. The predicted octanol–water partition coefficient (Wildman–Crippen LogP) is 1.80. The fourth-order valence-electron chi connectivity index (χ4n) is 1.92. The Kier molecular flexibility index (Phi) is 4.21. The summed E-state index contributed by atoms with van der Waals surface area (Å²) in [5.74, 6) is -2.25. The van der Waals surface area contributed by atoms with Crippen molar-refractivity contribution in [1.82, 2.24) is 0 Å². The molecule has 0 aliphatic rings. The van der Waals surface area contributed by atoms with Crippen molar-refractivity contribution >= 4 is 17.6 Å². The topological polar surface area (TPSA) is 118 Å². The zero-order chi connectivity index (χ0) is 14.6. The van der Waals surface area contributed by atoms with Gasteiger partial charge in [-0.25, -0.2) is 0 Å². The van der Waals surface area contributed by atoms with Crippen molar-refractivity contribution in [1.29, 1.82) is 0 Å². The zero-order valence-electron chi connectivity index (χ0n) is 10.2. The molecular weight excluding hydrogens is 254 g/mol. The first-order valence-corrected chi connectivity index (χ1v) is 5.43. The Hall–Kier alpha value is -2.44. The first-order chi connectivity index (χ1) is 8.74. The van der Waals surface area contributed by atoms with E-state index >= 15 is 0 Å². The standard InChI is InChI=1S/C12H13NO6/c1-12(6-10(14)15,7-11(16)17)8-2-4-9(5-3-8)13(18)19/h2-5H,6-7H2,1H3,(H,14,15)(H,16,17). The van der Waals surface area contributed by atoms with Crippen LogP contribution in [0.1, 0.15) is 25.3 Å². The summed E-state index contributed by atoms with van der Waals surface area (Å²) in [5.41, 5.74) is -0.785. The van der Waals surface area contributed by atoms with Crippen molar-refractivity contribution in [3.8, 4) is 0 Å². The van der Waals surface area contributed by atoms with Gasteiger partial charge in [-0.15, -0.1) is 0 Å².